The Morgan fingerprint density at radius 1 is 1.31 bits per heavy atom. The molecule has 1 heterocycles. The maximum Gasteiger partial charge on any atom is 0.383 e. The van der Waals surface area contributed by atoms with E-state index in [1.807, 2.05) is 5.32 Å². The van der Waals surface area contributed by atoms with E-state index in [9.17, 15) is 36.3 Å². The molecule has 1 aromatic rings. The molecular formula is C16H17F5N4O4. The van der Waals surface area contributed by atoms with Gasteiger partial charge in [-0.15, -0.1) is 0 Å². The Balaban J connectivity index is 2.08. The molecule has 0 aliphatic carbocycles. The Kier molecular flexibility index (Phi) is 7.08. The minimum absolute atomic E-state index is 0.165. The number of amides is 3. The number of nitrogens with one attached hydrogen (secondary N) is 2. The van der Waals surface area contributed by atoms with Crippen LogP contribution in [0.15, 0.2) is 18.2 Å². The largest absolute Gasteiger partial charge is 0.383 e. The van der Waals surface area contributed by atoms with Crippen LogP contribution in [0, 0.1) is 5.82 Å². The van der Waals surface area contributed by atoms with Gasteiger partial charge >= 0.3 is 12.3 Å². The van der Waals surface area contributed by atoms with Gasteiger partial charge in [0.2, 0.25) is 5.91 Å². The summed E-state index contributed by atoms with van der Waals surface area (Å²) in [6.45, 7) is -0.420. The van der Waals surface area contributed by atoms with Gasteiger partial charge in [0.15, 0.2) is 0 Å². The number of carbonyl (C=O) groups excluding carboxylic acids is 3. The number of anilines is 2. The van der Waals surface area contributed by atoms with Gasteiger partial charge < -0.3 is 26.0 Å². The maximum absolute atomic E-state index is 14.3. The monoisotopic (exact) mass is 424 g/mol. The van der Waals surface area contributed by atoms with Crippen molar-refractivity contribution in [2.75, 3.05) is 36.5 Å². The number of halogens is 5. The van der Waals surface area contributed by atoms with Crippen LogP contribution in [0.3, 0.4) is 0 Å². The lowest BCUT2D eigenvalue weighted by Crippen LogP contribution is -2.55. The van der Waals surface area contributed by atoms with Crippen LogP contribution in [-0.4, -0.2) is 62.4 Å². The van der Waals surface area contributed by atoms with Gasteiger partial charge in [-0.25, -0.2) is 13.2 Å². The summed E-state index contributed by atoms with van der Waals surface area (Å²) < 4.78 is 69.7. The fourth-order valence-electron chi connectivity index (χ4n) is 2.37. The second-order valence-electron chi connectivity index (χ2n) is 5.94. The molecule has 1 atom stereocenters. The SMILES string of the molecule is NC[C@H](NC(=O)C(F)(F)C(F)F)C(=O)Nc1ccc(N2CCOCC2=O)cc1F. The number of ether oxygens (including phenoxy) is 1. The van der Waals surface area contributed by atoms with Gasteiger partial charge in [0, 0.05) is 18.8 Å². The lowest BCUT2D eigenvalue weighted by atomic mass is 10.2. The summed E-state index contributed by atoms with van der Waals surface area (Å²) in [7, 11) is 0. The third kappa shape index (κ3) is 5.17. The standard InChI is InChI=1S/C16H17F5N4O4/c17-9-5-8(25-3-4-29-7-12(25)26)1-2-10(9)23-13(27)11(6-22)24-15(28)16(20,21)14(18)19/h1-2,5,11,14H,3-4,6-7,22H2,(H,23,27)(H,24,28)/t11-/m0/s1. The molecule has 1 saturated heterocycles. The number of hydrogen-bond acceptors (Lipinski definition) is 5. The molecule has 1 aromatic carbocycles. The van der Waals surface area contributed by atoms with Gasteiger partial charge in [-0.2, -0.15) is 8.78 Å². The van der Waals surface area contributed by atoms with Gasteiger partial charge in [-0.1, -0.05) is 0 Å². The highest BCUT2D eigenvalue weighted by atomic mass is 19.3. The van der Waals surface area contributed by atoms with E-state index in [0.717, 1.165) is 12.1 Å². The third-order valence-electron chi connectivity index (χ3n) is 3.94. The van der Waals surface area contributed by atoms with Crippen molar-refractivity contribution in [2.45, 2.75) is 18.4 Å². The first-order valence-corrected chi connectivity index (χ1v) is 8.23. The summed E-state index contributed by atoms with van der Waals surface area (Å²) in [5, 5.41) is 3.42. The Hall–Kier alpha value is -2.80. The molecule has 3 amide bonds. The number of morpholine rings is 1. The fraction of sp³-hybridized carbons (Fsp3) is 0.438. The molecule has 0 bridgehead atoms. The molecule has 1 fully saturated rings. The Labute approximate surface area is 161 Å². The first kappa shape index (κ1) is 22.5. The minimum atomic E-state index is -5.02. The molecule has 29 heavy (non-hydrogen) atoms. The van der Waals surface area contributed by atoms with Crippen molar-refractivity contribution in [3.8, 4) is 0 Å². The molecule has 1 aliphatic rings. The first-order chi connectivity index (χ1) is 13.6. The zero-order valence-corrected chi connectivity index (χ0v) is 14.8. The van der Waals surface area contributed by atoms with Crippen molar-refractivity contribution in [3.63, 3.8) is 0 Å². The van der Waals surface area contributed by atoms with Crippen LogP contribution in [-0.2, 0) is 19.1 Å². The highest BCUT2D eigenvalue weighted by molar-refractivity contribution is 5.99. The van der Waals surface area contributed by atoms with E-state index in [4.69, 9.17) is 10.5 Å². The number of nitrogens with two attached hydrogens (primary N) is 1. The molecular weight excluding hydrogens is 407 g/mol. The predicted octanol–water partition coefficient (Wildman–Crippen LogP) is 0.471. The van der Waals surface area contributed by atoms with E-state index >= 15 is 0 Å². The molecule has 4 N–H and O–H groups in total. The summed E-state index contributed by atoms with van der Waals surface area (Å²) in [5.74, 6) is -9.96. The van der Waals surface area contributed by atoms with Crippen molar-refractivity contribution in [2.24, 2.45) is 5.73 Å². The molecule has 2 rings (SSSR count). The molecule has 0 radical (unpaired) electrons. The van der Waals surface area contributed by atoms with E-state index < -0.39 is 54.2 Å². The van der Waals surface area contributed by atoms with Gasteiger partial charge in [-0.05, 0) is 18.2 Å². The number of carbonyl (C=O) groups is 3. The topological polar surface area (TPSA) is 114 Å². The highest BCUT2D eigenvalue weighted by Gasteiger charge is 2.49. The van der Waals surface area contributed by atoms with E-state index in [-0.39, 0.29) is 25.4 Å². The zero-order chi connectivity index (χ0) is 21.8. The van der Waals surface area contributed by atoms with Crippen molar-refractivity contribution in [1.82, 2.24) is 5.32 Å². The van der Waals surface area contributed by atoms with Gasteiger partial charge in [0.05, 0.1) is 12.3 Å². The highest BCUT2D eigenvalue weighted by Crippen LogP contribution is 2.24. The van der Waals surface area contributed by atoms with Crippen LogP contribution in [0.2, 0.25) is 0 Å². The lowest BCUT2D eigenvalue weighted by Gasteiger charge is -2.27. The van der Waals surface area contributed by atoms with Crippen LogP contribution in [0.4, 0.5) is 33.3 Å². The minimum Gasteiger partial charge on any atom is -0.370 e. The summed E-state index contributed by atoms with van der Waals surface area (Å²) in [4.78, 5) is 36.4. The second kappa shape index (κ2) is 9.13. The van der Waals surface area contributed by atoms with E-state index in [0.29, 0.717) is 0 Å². The Morgan fingerprint density at radius 3 is 2.55 bits per heavy atom. The van der Waals surface area contributed by atoms with Crippen LogP contribution in [0.1, 0.15) is 0 Å². The van der Waals surface area contributed by atoms with Gasteiger partial charge in [0.1, 0.15) is 18.5 Å². The van der Waals surface area contributed by atoms with Crippen molar-refractivity contribution in [1.29, 1.82) is 0 Å². The quantitative estimate of drug-likeness (QED) is 0.551. The third-order valence-corrected chi connectivity index (χ3v) is 3.94. The number of hydrogen-bond donors (Lipinski definition) is 3. The summed E-state index contributed by atoms with van der Waals surface area (Å²) in [6, 6.07) is 1.57. The fourth-order valence-corrected chi connectivity index (χ4v) is 2.37. The smallest absolute Gasteiger partial charge is 0.370 e. The van der Waals surface area contributed by atoms with E-state index in [2.05, 4.69) is 0 Å². The normalized spacial score (nSPS) is 16.0. The predicted molar refractivity (Wildman–Crippen MR) is 90.1 cm³/mol. The molecule has 8 nitrogen and oxygen atoms in total. The van der Waals surface area contributed by atoms with Crippen molar-refractivity contribution >= 4 is 29.1 Å². The summed E-state index contributed by atoms with van der Waals surface area (Å²) >= 11 is 0. The average Bonchev–Trinajstić information content (AvgIpc) is 2.67. The first-order valence-electron chi connectivity index (χ1n) is 8.23. The molecule has 0 saturated carbocycles. The summed E-state index contributed by atoms with van der Waals surface area (Å²) in [5.41, 5.74) is 5.02. The molecule has 13 heteroatoms. The molecule has 0 aromatic heterocycles. The van der Waals surface area contributed by atoms with Crippen molar-refractivity contribution in [3.05, 3.63) is 24.0 Å². The summed E-state index contributed by atoms with van der Waals surface area (Å²) in [6.07, 6.45) is -4.28. The van der Waals surface area contributed by atoms with E-state index in [1.54, 1.807) is 0 Å². The van der Waals surface area contributed by atoms with Crippen LogP contribution < -0.4 is 21.3 Å². The second-order valence-corrected chi connectivity index (χ2v) is 5.94. The number of alkyl halides is 4. The molecule has 0 unspecified atom stereocenters. The van der Waals surface area contributed by atoms with Crippen LogP contribution in [0.25, 0.3) is 0 Å². The number of nitrogens with zero attached hydrogens (tertiary/aromatic N) is 1. The van der Waals surface area contributed by atoms with Crippen LogP contribution in [0.5, 0.6) is 0 Å². The van der Waals surface area contributed by atoms with Crippen LogP contribution >= 0.6 is 0 Å². The number of rotatable bonds is 7. The molecule has 160 valence electrons. The maximum atomic E-state index is 14.3. The lowest BCUT2D eigenvalue weighted by molar-refractivity contribution is -0.170. The number of benzene rings is 1. The van der Waals surface area contributed by atoms with Gasteiger partial charge in [-0.3, -0.25) is 14.4 Å². The van der Waals surface area contributed by atoms with Crippen molar-refractivity contribution < 1.29 is 41.1 Å². The average molecular weight is 424 g/mol. The molecule has 0 spiro atoms. The Bertz CT molecular complexity index is 793. The van der Waals surface area contributed by atoms with Gasteiger partial charge in [0.25, 0.3) is 11.8 Å². The Morgan fingerprint density at radius 2 is 2.00 bits per heavy atom. The zero-order valence-electron chi connectivity index (χ0n) is 14.8. The molecule has 1 aliphatic heterocycles. The van der Waals surface area contributed by atoms with E-state index in [1.165, 1.54) is 16.3 Å².